The van der Waals surface area contributed by atoms with E-state index in [4.69, 9.17) is 33.7 Å². The van der Waals surface area contributed by atoms with Gasteiger partial charge < -0.3 is 29.6 Å². The average Bonchev–Trinajstić information content (AvgIpc) is 3.87. The van der Waals surface area contributed by atoms with Crippen LogP contribution >= 0.6 is 7.82 Å². The third-order valence-corrected chi connectivity index (χ3v) is 12.0. The number of ether oxygens (including phenoxy) is 4. The van der Waals surface area contributed by atoms with E-state index in [-0.39, 0.29) is 24.6 Å². The van der Waals surface area contributed by atoms with Crippen molar-refractivity contribution in [3.8, 4) is 12.1 Å². The molecule has 0 amide bonds. The zero-order valence-corrected chi connectivity index (χ0v) is 35.8. The number of nitrogen functional groups attached to an aromatic ring is 1. The second-order valence-electron chi connectivity index (χ2n) is 16.3. The lowest BCUT2D eigenvalue weighted by Gasteiger charge is -2.29. The zero-order chi connectivity index (χ0) is 42.3. The van der Waals surface area contributed by atoms with Gasteiger partial charge in [-0.1, -0.05) is 110 Å². The molecule has 14 nitrogen and oxygen atoms in total. The van der Waals surface area contributed by atoms with Crippen molar-refractivity contribution in [1.82, 2.24) is 14.6 Å². The van der Waals surface area contributed by atoms with Gasteiger partial charge in [0.2, 0.25) is 5.60 Å². The minimum absolute atomic E-state index is 0.0378. The molecule has 4 heterocycles. The highest BCUT2D eigenvalue weighted by Crippen LogP contribution is 2.52. The van der Waals surface area contributed by atoms with E-state index in [0.29, 0.717) is 23.2 Å². The Bertz CT molecular complexity index is 1920. The number of halogens is 1. The molecule has 0 saturated carbocycles. The van der Waals surface area contributed by atoms with Crippen LogP contribution in [0.2, 0.25) is 0 Å². The molecule has 16 heteroatoms. The van der Waals surface area contributed by atoms with Gasteiger partial charge in [-0.25, -0.2) is 18.5 Å². The molecule has 2 fully saturated rings. The van der Waals surface area contributed by atoms with Crippen molar-refractivity contribution in [2.45, 2.75) is 172 Å². The van der Waals surface area contributed by atoms with Gasteiger partial charge in [0.15, 0.2) is 11.6 Å². The summed E-state index contributed by atoms with van der Waals surface area (Å²) in [5, 5.41) is 24.1. The standard InChI is InChI=1S/C43H62FN6O8P/c1-4-5-6-7-8-9-10-11-12-13-14-15-16-17-18-19-20-35(53-27-33-23-32(26-45)24-34(44)25-33)28-54-59(51,52)55-30-43(29-46)40-39(56-42(2,3)58-40)38(57-43)36-21-22-37-41(47)48-31-49-50(36)37/h21-25,31,35,38-40H,4-20,27-28,30H2,1-3H3,(H,51,52)(H2,47,48,49)/t35-,38?,39-,40-,43+/m0/s1. The lowest BCUT2D eigenvalue weighted by atomic mass is 9.96. The van der Waals surface area contributed by atoms with E-state index in [1.165, 1.54) is 100 Å². The van der Waals surface area contributed by atoms with E-state index >= 15 is 0 Å². The monoisotopic (exact) mass is 840 g/mol. The molecule has 0 aliphatic carbocycles. The Balaban J connectivity index is 1.12. The van der Waals surface area contributed by atoms with E-state index in [1.54, 1.807) is 26.0 Å². The molecule has 2 aliphatic rings. The number of aromatic nitrogens is 3. The summed E-state index contributed by atoms with van der Waals surface area (Å²) in [5.41, 5.74) is 5.83. The lowest BCUT2D eigenvalue weighted by Crippen LogP contribution is -2.45. The highest BCUT2D eigenvalue weighted by molar-refractivity contribution is 7.47. The van der Waals surface area contributed by atoms with Crippen molar-refractivity contribution in [3.05, 3.63) is 59.3 Å². The van der Waals surface area contributed by atoms with Crippen molar-refractivity contribution < 1.29 is 41.8 Å². The van der Waals surface area contributed by atoms with Gasteiger partial charge in [0, 0.05) is 0 Å². The zero-order valence-electron chi connectivity index (χ0n) is 34.9. The van der Waals surface area contributed by atoms with Crippen LogP contribution in [0.4, 0.5) is 10.2 Å². The summed E-state index contributed by atoms with van der Waals surface area (Å²) in [6, 6.07) is 11.5. The van der Waals surface area contributed by atoms with Gasteiger partial charge in [-0.15, -0.1) is 0 Å². The summed E-state index contributed by atoms with van der Waals surface area (Å²) in [6.07, 6.45) is 18.2. The predicted octanol–water partition coefficient (Wildman–Crippen LogP) is 9.55. The number of phosphoric ester groups is 1. The molecular formula is C43H62FN6O8P. The second-order valence-corrected chi connectivity index (χ2v) is 17.7. The topological polar surface area (TPSA) is 196 Å². The van der Waals surface area contributed by atoms with E-state index < -0.39 is 56.1 Å². The summed E-state index contributed by atoms with van der Waals surface area (Å²) < 4.78 is 64.7. The number of anilines is 1. The fourth-order valence-electron chi connectivity index (χ4n) is 7.93. The van der Waals surface area contributed by atoms with Crippen LogP contribution in [0.3, 0.4) is 0 Å². The molecule has 6 atom stereocenters. The van der Waals surface area contributed by atoms with E-state index in [9.17, 15) is 24.4 Å². The first-order chi connectivity index (χ1) is 28.4. The molecule has 2 unspecified atom stereocenters. The predicted molar refractivity (Wildman–Crippen MR) is 219 cm³/mol. The van der Waals surface area contributed by atoms with Gasteiger partial charge in [0.1, 0.15) is 48.6 Å². The minimum atomic E-state index is -4.79. The Hall–Kier alpha value is -3.50. The maximum absolute atomic E-state index is 14.2. The molecule has 0 spiro atoms. The van der Waals surface area contributed by atoms with Crippen molar-refractivity contribution in [2.75, 3.05) is 18.9 Å². The molecule has 2 aromatic heterocycles. The molecular weight excluding hydrogens is 778 g/mol. The van der Waals surface area contributed by atoms with Gasteiger partial charge in [0.25, 0.3) is 0 Å². The number of nitrogens with zero attached hydrogens (tertiary/aromatic N) is 5. The van der Waals surface area contributed by atoms with Crippen LogP contribution in [0.25, 0.3) is 5.52 Å². The van der Waals surface area contributed by atoms with Crippen molar-refractivity contribution in [2.24, 2.45) is 0 Å². The fraction of sp³-hybridized carbons (Fsp3) is 0.674. The molecule has 59 heavy (non-hydrogen) atoms. The van der Waals surface area contributed by atoms with Crippen molar-refractivity contribution >= 4 is 19.2 Å². The van der Waals surface area contributed by atoms with Crippen LogP contribution in [0.5, 0.6) is 0 Å². The maximum Gasteiger partial charge on any atom is 0.472 e. The molecule has 3 N–H and O–H groups in total. The van der Waals surface area contributed by atoms with Gasteiger partial charge in [0.05, 0.1) is 36.6 Å². The number of unbranched alkanes of at least 4 members (excludes halogenated alkanes) is 15. The molecule has 1 aromatic carbocycles. The Kier molecular flexibility index (Phi) is 17.7. The first-order valence-corrected chi connectivity index (χ1v) is 22.8. The van der Waals surface area contributed by atoms with E-state index in [1.807, 2.05) is 6.07 Å². The van der Waals surface area contributed by atoms with Crippen molar-refractivity contribution in [1.29, 1.82) is 10.5 Å². The minimum Gasteiger partial charge on any atom is -0.382 e. The molecule has 3 aromatic rings. The largest absolute Gasteiger partial charge is 0.472 e. The third kappa shape index (κ3) is 13.5. The molecule has 324 valence electrons. The average molecular weight is 841 g/mol. The molecule has 0 bridgehead atoms. The number of rotatable bonds is 27. The van der Waals surface area contributed by atoms with Gasteiger partial charge in [-0.05, 0) is 56.2 Å². The summed E-state index contributed by atoms with van der Waals surface area (Å²) in [7, 11) is -4.79. The van der Waals surface area contributed by atoms with E-state index in [2.05, 4.69) is 23.1 Å². The fourth-order valence-corrected chi connectivity index (χ4v) is 8.71. The summed E-state index contributed by atoms with van der Waals surface area (Å²) >= 11 is 0. The first kappa shape index (κ1) is 46.6. The smallest absolute Gasteiger partial charge is 0.382 e. The van der Waals surface area contributed by atoms with Crippen molar-refractivity contribution in [3.63, 3.8) is 0 Å². The first-order valence-electron chi connectivity index (χ1n) is 21.3. The Labute approximate surface area is 348 Å². The van der Waals surface area contributed by atoms with Gasteiger partial charge in [-0.3, -0.25) is 9.05 Å². The highest BCUT2D eigenvalue weighted by Gasteiger charge is 2.65. The molecule has 0 radical (unpaired) electrons. The van der Waals surface area contributed by atoms with Crippen LogP contribution in [0.1, 0.15) is 153 Å². The third-order valence-electron chi connectivity index (χ3n) is 11.0. The highest BCUT2D eigenvalue weighted by atomic mass is 31.2. The van der Waals surface area contributed by atoms with Crippen LogP contribution in [0, 0.1) is 28.5 Å². The number of benzene rings is 1. The number of fused-ring (bicyclic) bond motifs is 2. The molecule has 2 saturated heterocycles. The van der Waals surface area contributed by atoms with Gasteiger partial charge in [-0.2, -0.15) is 15.6 Å². The quantitative estimate of drug-likeness (QED) is 0.0544. The summed E-state index contributed by atoms with van der Waals surface area (Å²) in [5.74, 6) is -1.42. The molecule has 5 rings (SSSR count). The van der Waals surface area contributed by atoms with Crippen LogP contribution in [0.15, 0.2) is 36.7 Å². The maximum atomic E-state index is 14.2. The van der Waals surface area contributed by atoms with Crippen LogP contribution in [-0.4, -0.2) is 62.4 Å². The Morgan fingerprint density at radius 3 is 2.20 bits per heavy atom. The second kappa shape index (κ2) is 22.4. The number of hydrogen-bond donors (Lipinski definition) is 2. The van der Waals surface area contributed by atoms with Crippen LogP contribution in [-0.2, 0) is 39.2 Å². The van der Waals surface area contributed by atoms with Gasteiger partial charge >= 0.3 is 7.82 Å². The number of nitrogens with two attached hydrogens (primary N) is 1. The number of hydrogen-bond acceptors (Lipinski definition) is 12. The Morgan fingerprint density at radius 1 is 0.932 bits per heavy atom. The van der Waals surface area contributed by atoms with E-state index in [0.717, 1.165) is 31.7 Å². The SMILES string of the molecule is CCCCCCCCCCCCCCCCCC[C@@H](COP(=O)(O)OC[C@@]1(C#N)OC(c2ccc3c(N)ncnn23)[C@@H]2OC(C)(C)O[C@@H]21)OCc1cc(F)cc(C#N)c1. The number of nitriles is 2. The van der Waals surface area contributed by atoms with Crippen LogP contribution < -0.4 is 5.73 Å². The molecule has 2 aliphatic heterocycles. The number of phosphoric acid groups is 1. The Morgan fingerprint density at radius 2 is 1.58 bits per heavy atom. The normalized spacial score (nSPS) is 22.5. The summed E-state index contributed by atoms with van der Waals surface area (Å²) in [4.78, 5) is 14.9. The lowest BCUT2D eigenvalue weighted by molar-refractivity contribution is -0.204. The summed E-state index contributed by atoms with van der Waals surface area (Å²) in [6.45, 7) is 4.62.